The van der Waals surface area contributed by atoms with E-state index < -0.39 is 12.1 Å². The average Bonchev–Trinajstić information content (AvgIpc) is 3.20. The topological polar surface area (TPSA) is 38.3 Å². The minimum absolute atomic E-state index is 0.231. The Balaban J connectivity index is 1.66. The van der Waals surface area contributed by atoms with Crippen LogP contribution in [0.15, 0.2) is 77.5 Å². The number of benzene rings is 2. The highest BCUT2D eigenvalue weighted by Crippen LogP contribution is 2.16. The quantitative estimate of drug-likeness (QED) is 0.691. The Bertz CT molecular complexity index is 849. The number of nitrogens with one attached hydrogen (secondary N) is 1. The van der Waals surface area contributed by atoms with E-state index in [1.807, 2.05) is 77.5 Å². The number of hydrogen-bond acceptors (Lipinski definition) is 3. The van der Waals surface area contributed by atoms with Gasteiger partial charge in [0.2, 0.25) is 0 Å². The first kappa shape index (κ1) is 16.8. The highest BCUT2D eigenvalue weighted by atomic mass is 32.1. The van der Waals surface area contributed by atoms with Crippen molar-refractivity contribution in [1.82, 2.24) is 5.32 Å². The predicted molar refractivity (Wildman–Crippen MR) is 100 cm³/mol. The Kier molecular flexibility index (Phi) is 5.86. The molecule has 0 aliphatic carbocycles. The lowest BCUT2D eigenvalue weighted by atomic mass is 10.1. The van der Waals surface area contributed by atoms with Crippen molar-refractivity contribution in [3.8, 4) is 11.8 Å². The van der Waals surface area contributed by atoms with E-state index in [4.69, 9.17) is 4.74 Å². The summed E-state index contributed by atoms with van der Waals surface area (Å²) in [5.41, 5.74) is 2.80. The van der Waals surface area contributed by atoms with Gasteiger partial charge >= 0.3 is 6.09 Å². The van der Waals surface area contributed by atoms with E-state index >= 15 is 0 Å². The first-order valence-electron chi connectivity index (χ1n) is 7.87. The molecular weight excluding hydrogens is 330 g/mol. The van der Waals surface area contributed by atoms with Gasteiger partial charge in [0, 0.05) is 5.56 Å². The molecule has 1 N–H and O–H groups in total. The van der Waals surface area contributed by atoms with Crippen LogP contribution in [0.25, 0.3) is 0 Å². The van der Waals surface area contributed by atoms with Crippen molar-refractivity contribution in [1.29, 1.82) is 0 Å². The van der Waals surface area contributed by atoms with E-state index in [0.29, 0.717) is 0 Å². The smallest absolute Gasteiger partial charge is 0.408 e. The predicted octanol–water partition coefficient (Wildman–Crippen LogP) is 4.77. The molecule has 0 unspecified atom stereocenters. The Morgan fingerprint density at radius 2 is 1.76 bits per heavy atom. The number of hydrogen-bond donors (Lipinski definition) is 1. The third-order valence-corrected chi connectivity index (χ3v) is 4.19. The number of alkyl carbamates (subject to hydrolysis) is 1. The zero-order valence-corrected chi connectivity index (χ0v) is 14.3. The molecule has 0 saturated carbocycles. The Labute approximate surface area is 151 Å². The highest BCUT2D eigenvalue weighted by molar-refractivity contribution is 7.08. The maximum atomic E-state index is 12.1. The largest absolute Gasteiger partial charge is 0.445 e. The zero-order chi connectivity index (χ0) is 17.3. The minimum atomic E-state index is -0.484. The van der Waals surface area contributed by atoms with Crippen molar-refractivity contribution in [2.75, 3.05) is 0 Å². The molecule has 25 heavy (non-hydrogen) atoms. The Morgan fingerprint density at radius 1 is 1.04 bits per heavy atom. The van der Waals surface area contributed by atoms with Crippen molar-refractivity contribution >= 4 is 17.4 Å². The van der Waals surface area contributed by atoms with Crippen molar-refractivity contribution in [2.45, 2.75) is 12.6 Å². The monoisotopic (exact) mass is 347 g/mol. The van der Waals surface area contributed by atoms with Crippen molar-refractivity contribution in [3.05, 3.63) is 94.2 Å². The number of ether oxygens (including phenoxy) is 1. The molecule has 0 radical (unpaired) electrons. The van der Waals surface area contributed by atoms with Crippen LogP contribution in [0.5, 0.6) is 0 Å². The molecule has 0 fully saturated rings. The average molecular weight is 347 g/mol. The molecule has 3 aromatic rings. The van der Waals surface area contributed by atoms with Crippen LogP contribution in [0.2, 0.25) is 0 Å². The fourth-order valence-corrected chi connectivity index (χ4v) is 2.89. The van der Waals surface area contributed by atoms with Gasteiger partial charge < -0.3 is 10.1 Å². The summed E-state index contributed by atoms with van der Waals surface area (Å²) >= 11 is 1.57. The molecule has 0 bridgehead atoms. The van der Waals surface area contributed by atoms with Crippen LogP contribution in [-0.2, 0) is 11.3 Å². The maximum Gasteiger partial charge on any atom is 0.408 e. The summed E-state index contributed by atoms with van der Waals surface area (Å²) < 4.78 is 5.29. The molecular formula is C21H17NO2S. The lowest BCUT2D eigenvalue weighted by Crippen LogP contribution is -2.28. The molecule has 4 heteroatoms. The molecule has 0 aliphatic rings. The number of carbonyl (C=O) groups is 1. The van der Waals surface area contributed by atoms with Crippen molar-refractivity contribution < 1.29 is 9.53 Å². The number of carbonyl (C=O) groups excluding carboxylic acids is 1. The molecule has 1 atom stereocenters. The Morgan fingerprint density at radius 3 is 2.44 bits per heavy atom. The third kappa shape index (κ3) is 5.23. The first-order chi connectivity index (χ1) is 12.3. The molecule has 2 aromatic carbocycles. The van der Waals surface area contributed by atoms with Gasteiger partial charge in [0.1, 0.15) is 12.6 Å². The van der Waals surface area contributed by atoms with Crippen LogP contribution in [0.4, 0.5) is 4.79 Å². The van der Waals surface area contributed by atoms with E-state index in [2.05, 4.69) is 17.2 Å². The van der Waals surface area contributed by atoms with E-state index in [1.54, 1.807) is 11.3 Å². The Hall–Kier alpha value is -3.03. The fraction of sp³-hybridized carbons (Fsp3) is 0.0952. The van der Waals surface area contributed by atoms with Gasteiger partial charge in [-0.25, -0.2) is 4.79 Å². The second-order valence-corrected chi connectivity index (χ2v) is 6.11. The number of amides is 1. The van der Waals surface area contributed by atoms with Gasteiger partial charge in [-0.05, 0) is 40.1 Å². The lowest BCUT2D eigenvalue weighted by molar-refractivity contribution is 0.138. The van der Waals surface area contributed by atoms with Crippen LogP contribution >= 0.6 is 11.3 Å². The van der Waals surface area contributed by atoms with Crippen LogP contribution in [-0.4, -0.2) is 6.09 Å². The van der Waals surface area contributed by atoms with Gasteiger partial charge in [-0.15, -0.1) is 0 Å². The van der Waals surface area contributed by atoms with Crippen molar-refractivity contribution in [2.24, 2.45) is 0 Å². The summed E-state index contributed by atoms with van der Waals surface area (Å²) in [6.45, 7) is 0.231. The van der Waals surface area contributed by atoms with Gasteiger partial charge in [0.25, 0.3) is 0 Å². The highest BCUT2D eigenvalue weighted by Gasteiger charge is 2.13. The van der Waals surface area contributed by atoms with Crippen molar-refractivity contribution in [3.63, 3.8) is 0 Å². The lowest BCUT2D eigenvalue weighted by Gasteiger charge is -2.12. The summed E-state index contributed by atoms with van der Waals surface area (Å²) in [4.78, 5) is 12.1. The molecule has 124 valence electrons. The summed E-state index contributed by atoms with van der Waals surface area (Å²) in [5, 5.41) is 6.77. The van der Waals surface area contributed by atoms with Crippen LogP contribution in [0.3, 0.4) is 0 Å². The second kappa shape index (κ2) is 8.72. The van der Waals surface area contributed by atoms with E-state index in [1.165, 1.54) is 0 Å². The van der Waals surface area contributed by atoms with Crippen LogP contribution in [0.1, 0.15) is 22.7 Å². The van der Waals surface area contributed by atoms with Gasteiger partial charge in [0.05, 0.1) is 0 Å². The van der Waals surface area contributed by atoms with Crippen LogP contribution in [0, 0.1) is 11.8 Å². The SMILES string of the molecule is O=C(N[C@H](C#Cc1ccccc1)c1ccsc1)OCc1ccccc1. The molecule has 1 amide bonds. The second-order valence-electron chi connectivity index (χ2n) is 5.33. The number of rotatable bonds is 4. The summed E-state index contributed by atoms with van der Waals surface area (Å²) in [6.07, 6.45) is -0.484. The van der Waals surface area contributed by atoms with Gasteiger partial charge in [-0.1, -0.05) is 60.4 Å². The van der Waals surface area contributed by atoms with Gasteiger partial charge in [-0.3, -0.25) is 0 Å². The van der Waals surface area contributed by atoms with Gasteiger partial charge in [-0.2, -0.15) is 11.3 Å². The van der Waals surface area contributed by atoms with E-state index in [9.17, 15) is 4.79 Å². The molecule has 1 aromatic heterocycles. The first-order valence-corrected chi connectivity index (χ1v) is 8.81. The summed E-state index contributed by atoms with van der Waals surface area (Å²) in [7, 11) is 0. The molecule has 1 heterocycles. The standard InChI is InChI=1S/C21H17NO2S/c23-21(24-15-18-9-5-2-6-10-18)22-20(19-13-14-25-16-19)12-11-17-7-3-1-4-8-17/h1-10,13-14,16,20H,15H2,(H,22,23)/t20-/m1/s1. The summed E-state index contributed by atoms with van der Waals surface area (Å²) in [6, 6.07) is 20.8. The zero-order valence-electron chi connectivity index (χ0n) is 13.5. The van der Waals surface area contributed by atoms with E-state index in [0.717, 1.165) is 16.7 Å². The molecule has 0 spiro atoms. The minimum Gasteiger partial charge on any atom is -0.445 e. The number of thiophene rings is 1. The van der Waals surface area contributed by atoms with Crippen LogP contribution < -0.4 is 5.32 Å². The molecule has 3 nitrogen and oxygen atoms in total. The molecule has 0 saturated heterocycles. The third-order valence-electron chi connectivity index (χ3n) is 3.49. The molecule has 3 rings (SSSR count). The normalized spacial score (nSPS) is 11.0. The fourth-order valence-electron chi connectivity index (χ4n) is 2.20. The maximum absolute atomic E-state index is 12.1. The van der Waals surface area contributed by atoms with Gasteiger partial charge in [0.15, 0.2) is 0 Å². The summed E-state index contributed by atoms with van der Waals surface area (Å²) in [5.74, 6) is 6.21. The van der Waals surface area contributed by atoms with E-state index in [-0.39, 0.29) is 6.61 Å². The molecule has 0 aliphatic heterocycles.